The average molecular weight is 388 g/mol. The largest absolute Gasteiger partial charge is 0.496 e. The number of sulfonamides is 1. The number of fused-ring (bicyclic) bond motifs is 1. The second-order valence-corrected chi connectivity index (χ2v) is 8.32. The van der Waals surface area contributed by atoms with Gasteiger partial charge in [0.2, 0.25) is 5.91 Å². The zero-order chi connectivity index (χ0) is 19.6. The molecule has 1 amide bonds. The zero-order valence-electron chi connectivity index (χ0n) is 15.8. The molecule has 2 aromatic rings. The number of amides is 1. The number of anilines is 1. The van der Waals surface area contributed by atoms with Crippen molar-refractivity contribution in [1.82, 2.24) is 4.90 Å². The molecule has 144 valence electrons. The van der Waals surface area contributed by atoms with Crippen LogP contribution in [0.5, 0.6) is 5.75 Å². The van der Waals surface area contributed by atoms with E-state index < -0.39 is 10.0 Å². The number of ether oxygens (including phenoxy) is 1. The summed E-state index contributed by atoms with van der Waals surface area (Å²) >= 11 is 0. The summed E-state index contributed by atoms with van der Waals surface area (Å²) in [7, 11) is -2.16. The highest BCUT2D eigenvalue weighted by Gasteiger charge is 2.21. The van der Waals surface area contributed by atoms with Crippen molar-refractivity contribution in [2.75, 3.05) is 18.4 Å². The smallest absolute Gasteiger partial charge is 0.261 e. The molecule has 0 bridgehead atoms. The molecule has 0 unspecified atom stereocenters. The van der Waals surface area contributed by atoms with E-state index in [0.29, 0.717) is 30.9 Å². The van der Waals surface area contributed by atoms with E-state index in [-0.39, 0.29) is 10.8 Å². The highest BCUT2D eigenvalue weighted by Crippen LogP contribution is 2.26. The number of hydrogen-bond donors (Lipinski definition) is 1. The van der Waals surface area contributed by atoms with E-state index in [0.717, 1.165) is 23.1 Å². The van der Waals surface area contributed by atoms with Gasteiger partial charge in [0.1, 0.15) is 5.75 Å². The minimum absolute atomic E-state index is 0.111. The Balaban J connectivity index is 1.84. The molecular weight excluding hydrogens is 364 g/mol. The minimum atomic E-state index is -3.71. The van der Waals surface area contributed by atoms with Crippen molar-refractivity contribution in [3.05, 3.63) is 53.1 Å². The zero-order valence-corrected chi connectivity index (χ0v) is 16.6. The number of nitrogens with zero attached hydrogens (tertiary/aromatic N) is 1. The molecule has 0 saturated heterocycles. The molecule has 3 rings (SSSR count). The molecule has 27 heavy (non-hydrogen) atoms. The Hall–Kier alpha value is -2.54. The summed E-state index contributed by atoms with van der Waals surface area (Å²) in [5.41, 5.74) is 3.38. The van der Waals surface area contributed by atoms with Gasteiger partial charge in [-0.25, -0.2) is 8.42 Å². The Labute approximate surface area is 160 Å². The monoisotopic (exact) mass is 388 g/mol. The number of rotatable bonds is 5. The predicted molar refractivity (Wildman–Crippen MR) is 104 cm³/mol. The number of nitrogens with one attached hydrogen (secondary N) is 1. The summed E-state index contributed by atoms with van der Waals surface area (Å²) in [4.78, 5) is 14.0. The minimum Gasteiger partial charge on any atom is -0.496 e. The van der Waals surface area contributed by atoms with Crippen molar-refractivity contribution in [1.29, 1.82) is 0 Å². The normalized spacial score (nSPS) is 13.8. The highest BCUT2D eigenvalue weighted by atomic mass is 32.2. The van der Waals surface area contributed by atoms with Crippen LogP contribution in [0.15, 0.2) is 41.3 Å². The molecule has 7 heteroatoms. The quantitative estimate of drug-likeness (QED) is 0.854. The van der Waals surface area contributed by atoms with Gasteiger partial charge in [-0.05, 0) is 60.4 Å². The van der Waals surface area contributed by atoms with Gasteiger partial charge in [0.05, 0.1) is 12.0 Å². The molecule has 0 radical (unpaired) electrons. The number of methoxy groups -OCH3 is 1. The lowest BCUT2D eigenvalue weighted by molar-refractivity contribution is -0.131. The van der Waals surface area contributed by atoms with Crippen molar-refractivity contribution in [3.8, 4) is 5.75 Å². The van der Waals surface area contributed by atoms with Gasteiger partial charge >= 0.3 is 0 Å². The summed E-state index contributed by atoms with van der Waals surface area (Å²) in [6.07, 6.45) is 1.25. The van der Waals surface area contributed by atoms with E-state index in [4.69, 9.17) is 4.74 Å². The van der Waals surface area contributed by atoms with Crippen LogP contribution in [0.2, 0.25) is 0 Å². The Morgan fingerprint density at radius 3 is 2.63 bits per heavy atom. The second-order valence-electron chi connectivity index (χ2n) is 6.64. The van der Waals surface area contributed by atoms with E-state index in [9.17, 15) is 13.2 Å². The van der Waals surface area contributed by atoms with E-state index in [2.05, 4.69) is 4.72 Å². The van der Waals surface area contributed by atoms with Gasteiger partial charge in [-0.2, -0.15) is 0 Å². The number of benzene rings is 2. The van der Waals surface area contributed by atoms with Crippen LogP contribution in [-0.2, 0) is 27.8 Å². The topological polar surface area (TPSA) is 75.7 Å². The molecular formula is C20H24N2O4S. The first kappa shape index (κ1) is 19.2. The van der Waals surface area contributed by atoms with Crippen molar-refractivity contribution < 1.29 is 17.9 Å². The molecule has 1 aliphatic heterocycles. The maximum Gasteiger partial charge on any atom is 0.261 e. The summed E-state index contributed by atoms with van der Waals surface area (Å²) < 4.78 is 33.3. The standard InChI is InChI=1S/C20H24N2O4S/c1-4-20(23)22-10-9-15-5-6-17(12-16(15)13-22)21-27(24,25)18-7-8-19(26-3)14(2)11-18/h5-8,11-12,21H,4,9-10,13H2,1-3H3. The van der Waals surface area contributed by atoms with Gasteiger partial charge in [0, 0.05) is 25.2 Å². The molecule has 0 spiro atoms. The summed E-state index contributed by atoms with van der Waals surface area (Å²) in [5, 5.41) is 0. The maximum atomic E-state index is 12.7. The molecule has 0 atom stereocenters. The average Bonchev–Trinajstić information content (AvgIpc) is 2.66. The van der Waals surface area contributed by atoms with Crippen LogP contribution in [0.3, 0.4) is 0 Å². The SMILES string of the molecule is CCC(=O)N1CCc2ccc(NS(=O)(=O)c3ccc(OC)c(C)c3)cc2C1. The molecule has 6 nitrogen and oxygen atoms in total. The van der Waals surface area contributed by atoms with Gasteiger partial charge in [0.25, 0.3) is 10.0 Å². The summed E-state index contributed by atoms with van der Waals surface area (Å²) in [6, 6.07) is 10.3. The van der Waals surface area contributed by atoms with E-state index in [1.165, 1.54) is 6.07 Å². The molecule has 1 aliphatic rings. The van der Waals surface area contributed by atoms with Crippen LogP contribution in [0.25, 0.3) is 0 Å². The maximum absolute atomic E-state index is 12.7. The third kappa shape index (κ3) is 4.08. The predicted octanol–water partition coefficient (Wildman–Crippen LogP) is 3.10. The van der Waals surface area contributed by atoms with Crippen molar-refractivity contribution in [2.24, 2.45) is 0 Å². The third-order valence-electron chi connectivity index (χ3n) is 4.80. The molecule has 2 aromatic carbocycles. The van der Waals surface area contributed by atoms with Gasteiger partial charge in [-0.15, -0.1) is 0 Å². The fourth-order valence-corrected chi connectivity index (χ4v) is 4.42. The van der Waals surface area contributed by atoms with Gasteiger partial charge in [-0.1, -0.05) is 13.0 Å². The van der Waals surface area contributed by atoms with Crippen LogP contribution in [-0.4, -0.2) is 32.9 Å². The Morgan fingerprint density at radius 1 is 1.19 bits per heavy atom. The van der Waals surface area contributed by atoms with E-state index >= 15 is 0 Å². The summed E-state index contributed by atoms with van der Waals surface area (Å²) in [5.74, 6) is 0.753. The first-order valence-corrected chi connectivity index (χ1v) is 10.4. The number of aryl methyl sites for hydroxylation is 1. The lowest BCUT2D eigenvalue weighted by Gasteiger charge is -2.29. The van der Waals surface area contributed by atoms with Crippen LogP contribution in [0, 0.1) is 6.92 Å². The second kappa shape index (κ2) is 7.60. The van der Waals surface area contributed by atoms with Crippen LogP contribution in [0.1, 0.15) is 30.0 Å². The lowest BCUT2D eigenvalue weighted by atomic mass is 9.99. The fraction of sp³-hybridized carbons (Fsp3) is 0.350. The van der Waals surface area contributed by atoms with Crippen molar-refractivity contribution >= 4 is 21.6 Å². The molecule has 0 aromatic heterocycles. The molecule has 1 heterocycles. The lowest BCUT2D eigenvalue weighted by Crippen LogP contribution is -2.35. The Kier molecular flexibility index (Phi) is 5.41. The van der Waals surface area contributed by atoms with Crippen LogP contribution >= 0.6 is 0 Å². The van der Waals surface area contributed by atoms with Crippen LogP contribution in [0.4, 0.5) is 5.69 Å². The number of carbonyl (C=O) groups excluding carboxylic acids is 1. The third-order valence-corrected chi connectivity index (χ3v) is 6.18. The Morgan fingerprint density at radius 2 is 1.96 bits per heavy atom. The first-order valence-electron chi connectivity index (χ1n) is 8.91. The number of hydrogen-bond acceptors (Lipinski definition) is 4. The van der Waals surface area contributed by atoms with Crippen molar-refractivity contribution in [2.45, 2.75) is 38.1 Å². The van der Waals surface area contributed by atoms with Crippen LogP contribution < -0.4 is 9.46 Å². The van der Waals surface area contributed by atoms with Crippen molar-refractivity contribution in [3.63, 3.8) is 0 Å². The molecule has 1 N–H and O–H groups in total. The van der Waals surface area contributed by atoms with Gasteiger partial charge in [-0.3, -0.25) is 9.52 Å². The number of carbonyl (C=O) groups is 1. The first-order chi connectivity index (χ1) is 12.8. The Bertz CT molecular complexity index is 970. The highest BCUT2D eigenvalue weighted by molar-refractivity contribution is 7.92. The molecule has 0 saturated carbocycles. The van der Waals surface area contributed by atoms with Gasteiger partial charge < -0.3 is 9.64 Å². The fourth-order valence-electron chi connectivity index (χ4n) is 3.29. The van der Waals surface area contributed by atoms with E-state index in [1.54, 1.807) is 32.2 Å². The summed E-state index contributed by atoms with van der Waals surface area (Å²) in [6.45, 7) is 4.87. The van der Waals surface area contributed by atoms with Gasteiger partial charge in [0.15, 0.2) is 0 Å². The molecule has 0 fully saturated rings. The molecule has 0 aliphatic carbocycles. The van der Waals surface area contributed by atoms with E-state index in [1.807, 2.05) is 24.0 Å².